The molecule has 6 rings (SSSR count). The van der Waals surface area contributed by atoms with Crippen molar-refractivity contribution in [3.8, 4) is 12.1 Å². The lowest BCUT2D eigenvalue weighted by Crippen LogP contribution is -2.37. The van der Waals surface area contributed by atoms with E-state index >= 15 is 0 Å². The lowest BCUT2D eigenvalue weighted by molar-refractivity contribution is -0.117. The summed E-state index contributed by atoms with van der Waals surface area (Å²) in [6.45, 7) is 21.0. The van der Waals surface area contributed by atoms with Gasteiger partial charge in [0.1, 0.15) is 30.1 Å². The van der Waals surface area contributed by atoms with E-state index in [4.69, 9.17) is 33.7 Å². The first kappa shape index (κ1) is 54.1. The molecule has 2 heterocycles. The fourth-order valence-electron chi connectivity index (χ4n) is 6.51. The van der Waals surface area contributed by atoms with Crippen LogP contribution in [0.1, 0.15) is 103 Å². The van der Waals surface area contributed by atoms with Gasteiger partial charge in [0.05, 0.1) is 21.2 Å². The lowest BCUT2D eigenvalue weighted by Gasteiger charge is -2.31. The molecule has 0 aromatic heterocycles. The molecule has 0 radical (unpaired) electrons. The summed E-state index contributed by atoms with van der Waals surface area (Å²) in [6, 6.07) is 28.6. The van der Waals surface area contributed by atoms with E-state index in [1.54, 1.807) is 53.4 Å². The molecular formula is C51H66Cl2F2N6O2. The van der Waals surface area contributed by atoms with E-state index in [9.17, 15) is 18.4 Å². The van der Waals surface area contributed by atoms with Crippen LogP contribution < -0.4 is 9.80 Å². The monoisotopic (exact) mass is 902 g/mol. The third-order valence-electron chi connectivity index (χ3n) is 10.6. The van der Waals surface area contributed by atoms with Gasteiger partial charge in [-0.15, -0.1) is 0 Å². The van der Waals surface area contributed by atoms with Gasteiger partial charge in [-0.1, -0.05) is 121 Å². The molecule has 0 spiro atoms. The third kappa shape index (κ3) is 18.3. The van der Waals surface area contributed by atoms with E-state index in [2.05, 4.69) is 55.5 Å². The molecule has 0 aliphatic carbocycles. The van der Waals surface area contributed by atoms with Gasteiger partial charge >= 0.3 is 0 Å². The Bertz CT molecular complexity index is 2100. The van der Waals surface area contributed by atoms with Gasteiger partial charge in [-0.2, -0.15) is 10.5 Å². The highest BCUT2D eigenvalue weighted by Crippen LogP contribution is 2.31. The number of amides is 1. The van der Waals surface area contributed by atoms with Crippen LogP contribution in [0.3, 0.4) is 0 Å². The molecule has 12 heteroatoms. The summed E-state index contributed by atoms with van der Waals surface area (Å²) < 4.78 is 28.3. The number of rotatable bonds is 11. The molecule has 8 nitrogen and oxygen atoms in total. The summed E-state index contributed by atoms with van der Waals surface area (Å²) in [4.78, 5) is 28.9. The smallest absolute Gasteiger partial charge is 0.209 e. The number of likely N-dealkylation sites (tertiary alicyclic amines) is 2. The second-order valence-corrected chi connectivity index (χ2v) is 17.8. The number of nitrogens with zero attached hydrogens (tertiary/aromatic N) is 6. The van der Waals surface area contributed by atoms with Gasteiger partial charge in [0, 0.05) is 73.7 Å². The van der Waals surface area contributed by atoms with Crippen LogP contribution in [0.25, 0.3) is 0 Å². The Hall–Kier alpha value is -5.00. The second kappa shape index (κ2) is 27.9. The van der Waals surface area contributed by atoms with E-state index < -0.39 is 0 Å². The maximum absolute atomic E-state index is 14.1. The Kier molecular flexibility index (Phi) is 24.0. The number of nitriles is 2. The normalized spacial score (nSPS) is 15.4. The Morgan fingerprint density at radius 1 is 0.762 bits per heavy atom. The molecule has 2 aliphatic rings. The molecule has 0 bridgehead atoms. The molecule has 2 fully saturated rings. The first-order valence-corrected chi connectivity index (χ1v) is 22.5. The lowest BCUT2D eigenvalue weighted by atomic mass is 9.94. The molecular weight excluding hydrogens is 838 g/mol. The molecule has 2 aliphatic heterocycles. The molecule has 2 atom stereocenters. The van der Waals surface area contributed by atoms with Crippen LogP contribution in [0.15, 0.2) is 84.9 Å². The van der Waals surface area contributed by atoms with Gasteiger partial charge < -0.3 is 24.4 Å². The van der Waals surface area contributed by atoms with Crippen LogP contribution >= 0.6 is 23.2 Å². The van der Waals surface area contributed by atoms with Gasteiger partial charge in [0.15, 0.2) is 0 Å². The van der Waals surface area contributed by atoms with E-state index in [0.717, 1.165) is 50.0 Å². The fraction of sp³-hybridized carbons (Fsp3) is 0.451. The topological polar surface area (TPSA) is 94.7 Å². The predicted octanol–water partition coefficient (Wildman–Crippen LogP) is 12.3. The zero-order chi connectivity index (χ0) is 47.1. The summed E-state index contributed by atoms with van der Waals surface area (Å²) in [5.41, 5.74) is 4.36. The Morgan fingerprint density at radius 2 is 1.19 bits per heavy atom. The largest absolute Gasteiger partial charge is 0.363 e. The van der Waals surface area contributed by atoms with Crippen LogP contribution in [0.2, 0.25) is 10.0 Å². The molecule has 2 unspecified atom stereocenters. The number of likely N-dealkylation sites (N-methyl/N-ethyl adjacent to an activating group) is 1. The molecule has 63 heavy (non-hydrogen) atoms. The summed E-state index contributed by atoms with van der Waals surface area (Å²) in [7, 11) is 2.09. The zero-order valence-corrected chi connectivity index (χ0v) is 40.1. The van der Waals surface area contributed by atoms with Gasteiger partial charge in [0.25, 0.3) is 0 Å². The van der Waals surface area contributed by atoms with Gasteiger partial charge in [-0.25, -0.2) is 8.78 Å². The predicted molar refractivity (Wildman–Crippen MR) is 256 cm³/mol. The van der Waals surface area contributed by atoms with Crippen LogP contribution in [-0.4, -0.2) is 67.8 Å². The van der Waals surface area contributed by atoms with Crippen molar-refractivity contribution in [1.82, 2.24) is 9.80 Å². The molecule has 2 saturated heterocycles. The number of carbonyl (C=O) groups is 2. The van der Waals surface area contributed by atoms with Crippen LogP contribution in [0.5, 0.6) is 0 Å². The second-order valence-electron chi connectivity index (χ2n) is 16.9. The highest BCUT2D eigenvalue weighted by molar-refractivity contribution is 6.32. The molecule has 340 valence electrons. The van der Waals surface area contributed by atoms with E-state index in [0.29, 0.717) is 82.3 Å². The number of carbonyl (C=O) groups excluding carboxylic acids is 2. The van der Waals surface area contributed by atoms with Crippen LogP contribution in [0.4, 0.5) is 20.2 Å². The van der Waals surface area contributed by atoms with Crippen molar-refractivity contribution in [2.24, 2.45) is 11.3 Å². The quantitative estimate of drug-likeness (QED) is 0.138. The molecule has 0 saturated carbocycles. The maximum atomic E-state index is 14.1. The van der Waals surface area contributed by atoms with Gasteiger partial charge in [-0.3, -0.25) is 4.79 Å². The molecule has 1 amide bonds. The molecule has 4 aromatic rings. The standard InChI is InChI=1S/C19H17ClFN3O.C19H19ClFN3.C6H14.C5H10O.C2H6/c20-18-9-16(6-5-14(18)10-22)24(17-7-8-23(12-17)13-25)11-15-3-1-2-4-19(15)21;1-23-9-8-17(13-23)24(12-15-4-2-3-5-19(15)21)16-7-6-14(11-22)18(20)10-16;1-5-6(2,3)4;1-5(2)3-4-6;1-2/h1-6,9,13,17H,7-8,11-12H2;2-7,10,17H,8-9,12-13H2,1H3;5H2,1-4H3;4-5H,3H2,1-2H3;1-2H3. The van der Waals surface area contributed by atoms with Crippen molar-refractivity contribution in [3.05, 3.63) is 129 Å². The average molecular weight is 904 g/mol. The highest BCUT2D eigenvalue weighted by atomic mass is 35.5. The summed E-state index contributed by atoms with van der Waals surface area (Å²) in [6.07, 6.45) is 5.57. The van der Waals surface area contributed by atoms with Crippen molar-refractivity contribution in [2.45, 2.75) is 106 Å². The Balaban J connectivity index is 0.000000335. The van der Waals surface area contributed by atoms with Crippen LogP contribution in [-0.2, 0) is 22.7 Å². The highest BCUT2D eigenvalue weighted by Gasteiger charge is 2.29. The first-order valence-electron chi connectivity index (χ1n) is 21.7. The first-order chi connectivity index (χ1) is 30.0. The number of halogens is 4. The SMILES string of the molecule is CC.CC(C)CC=O.CCC(C)(C)C.CN1CCC(N(Cc2ccccc2F)c2ccc(C#N)c(Cl)c2)C1.N#Cc1ccc(N(Cc2ccccc2F)C2CCN(C=O)C2)cc1Cl. The van der Waals surface area contributed by atoms with Crippen molar-refractivity contribution < 1.29 is 18.4 Å². The summed E-state index contributed by atoms with van der Waals surface area (Å²) in [5.74, 6) is 0.0635. The minimum Gasteiger partial charge on any atom is -0.363 e. The minimum absolute atomic E-state index is 0.0637. The maximum Gasteiger partial charge on any atom is 0.209 e. The zero-order valence-electron chi connectivity index (χ0n) is 38.6. The third-order valence-corrected chi connectivity index (χ3v) is 11.3. The van der Waals surface area contributed by atoms with Crippen molar-refractivity contribution in [1.29, 1.82) is 10.5 Å². The number of aldehydes is 1. The van der Waals surface area contributed by atoms with Crippen molar-refractivity contribution >= 4 is 47.3 Å². The van der Waals surface area contributed by atoms with E-state index in [1.807, 2.05) is 58.0 Å². The van der Waals surface area contributed by atoms with Gasteiger partial charge in [-0.05, 0) is 86.3 Å². The van der Waals surface area contributed by atoms with Crippen molar-refractivity contribution in [3.63, 3.8) is 0 Å². The van der Waals surface area contributed by atoms with E-state index in [-0.39, 0.29) is 17.7 Å². The molecule has 0 N–H and O–H groups in total. The average Bonchev–Trinajstić information content (AvgIpc) is 3.93. The van der Waals surface area contributed by atoms with Gasteiger partial charge in [0.2, 0.25) is 6.41 Å². The number of benzene rings is 4. The summed E-state index contributed by atoms with van der Waals surface area (Å²) >= 11 is 12.4. The number of hydrogen-bond donors (Lipinski definition) is 0. The van der Waals surface area contributed by atoms with Crippen LogP contribution in [0, 0.1) is 45.6 Å². The molecule has 4 aromatic carbocycles. The number of hydrogen-bond acceptors (Lipinski definition) is 7. The summed E-state index contributed by atoms with van der Waals surface area (Å²) in [5, 5.41) is 18.9. The Morgan fingerprint density at radius 3 is 1.49 bits per heavy atom. The van der Waals surface area contributed by atoms with Crippen molar-refractivity contribution in [2.75, 3.05) is 43.0 Å². The fourth-order valence-corrected chi connectivity index (χ4v) is 6.94. The Labute approximate surface area is 386 Å². The van der Waals surface area contributed by atoms with E-state index in [1.165, 1.54) is 18.6 Å². The number of anilines is 2. The minimum atomic E-state index is -0.266.